The summed E-state index contributed by atoms with van der Waals surface area (Å²) in [4.78, 5) is 0. The molecule has 2 heteroatoms. The second kappa shape index (κ2) is 15.4. The summed E-state index contributed by atoms with van der Waals surface area (Å²) in [6.45, 7) is 6.93. The van der Waals surface area contributed by atoms with E-state index in [-0.39, 0.29) is 5.41 Å². The van der Waals surface area contributed by atoms with Gasteiger partial charge in [-0.3, -0.25) is 0 Å². The number of para-hydroxylation sites is 2. The highest BCUT2D eigenvalue weighted by atomic mass is 15.0. The number of benzene rings is 12. The van der Waals surface area contributed by atoms with Gasteiger partial charge in [0.15, 0.2) is 0 Å². The minimum Gasteiger partial charge on any atom is -0.309 e. The van der Waals surface area contributed by atoms with Gasteiger partial charge in [-0.15, -0.1) is 0 Å². The van der Waals surface area contributed by atoms with E-state index >= 15 is 0 Å². The maximum Gasteiger partial charge on any atom is 0.0541 e. The fourth-order valence-electron chi connectivity index (χ4n) is 11.5. The lowest BCUT2D eigenvalue weighted by Gasteiger charge is -2.23. The summed E-state index contributed by atoms with van der Waals surface area (Å²) in [6, 6.07) is 88.1. The van der Waals surface area contributed by atoms with Crippen LogP contribution in [0.25, 0.3) is 132 Å². The molecule has 0 unspecified atom stereocenters. The van der Waals surface area contributed by atoms with E-state index in [1.807, 2.05) is 0 Å². The average molecular weight is 893 g/mol. The highest BCUT2D eigenvalue weighted by molar-refractivity contribution is 6.28. The molecule has 0 bridgehead atoms. The molecule has 12 aromatic carbocycles. The monoisotopic (exact) mass is 892 g/mol. The third-order valence-electron chi connectivity index (χ3n) is 15.0. The molecule has 0 fully saturated rings. The van der Waals surface area contributed by atoms with Crippen LogP contribution in [0.4, 0.5) is 0 Å². The van der Waals surface area contributed by atoms with Crippen molar-refractivity contribution >= 4 is 75.9 Å². The summed E-state index contributed by atoms with van der Waals surface area (Å²) in [7, 11) is 0. The smallest absolute Gasteiger partial charge is 0.0541 e. The van der Waals surface area contributed by atoms with Crippen LogP contribution < -0.4 is 0 Å². The maximum atomic E-state index is 2.45. The van der Waals surface area contributed by atoms with Crippen molar-refractivity contribution in [3.63, 3.8) is 0 Å². The van der Waals surface area contributed by atoms with E-state index < -0.39 is 0 Å². The maximum absolute atomic E-state index is 2.45. The van der Waals surface area contributed by atoms with Crippen molar-refractivity contribution in [2.45, 2.75) is 26.2 Å². The number of hydrogen-bond donors (Lipinski definition) is 0. The molecule has 0 aliphatic heterocycles. The van der Waals surface area contributed by atoms with Gasteiger partial charge in [-0.25, -0.2) is 0 Å². The average Bonchev–Trinajstić information content (AvgIpc) is 3.92. The predicted molar refractivity (Wildman–Crippen MR) is 299 cm³/mol. The first-order valence-corrected chi connectivity index (χ1v) is 24.5. The van der Waals surface area contributed by atoms with Gasteiger partial charge in [0, 0.05) is 32.9 Å². The summed E-state index contributed by atoms with van der Waals surface area (Å²) in [5.74, 6) is 0. The molecular weight excluding hydrogens is 845 g/mol. The van der Waals surface area contributed by atoms with E-state index in [0.29, 0.717) is 0 Å². The molecule has 0 radical (unpaired) electrons. The van der Waals surface area contributed by atoms with Crippen LogP contribution in [0, 0.1) is 0 Å². The second-order valence-corrected chi connectivity index (χ2v) is 20.1. The lowest BCUT2D eigenvalue weighted by Crippen LogP contribution is -2.10. The molecule has 0 spiro atoms. The number of rotatable bonds is 6. The molecule has 2 heterocycles. The molecule has 0 saturated carbocycles. The first kappa shape index (κ1) is 40.4. The Morgan fingerprint density at radius 3 is 1.11 bits per heavy atom. The number of aromatic nitrogens is 2. The van der Waals surface area contributed by atoms with Crippen LogP contribution in [-0.4, -0.2) is 9.13 Å². The summed E-state index contributed by atoms with van der Waals surface area (Å²) in [5, 5.41) is 12.8. The molecule has 14 rings (SSSR count). The lowest BCUT2D eigenvalue weighted by atomic mass is 9.81. The molecule has 0 amide bonds. The molecule has 0 aliphatic carbocycles. The fourth-order valence-corrected chi connectivity index (χ4v) is 11.5. The van der Waals surface area contributed by atoms with Crippen LogP contribution in [0.2, 0.25) is 0 Å². The van der Waals surface area contributed by atoms with Crippen LogP contribution in [-0.2, 0) is 5.41 Å². The summed E-state index contributed by atoms with van der Waals surface area (Å²) in [5.41, 5.74) is 18.3. The van der Waals surface area contributed by atoms with Gasteiger partial charge in [0.2, 0.25) is 0 Å². The Morgan fingerprint density at radius 1 is 0.271 bits per heavy atom. The van der Waals surface area contributed by atoms with E-state index in [1.54, 1.807) is 0 Å². The van der Waals surface area contributed by atoms with Crippen LogP contribution in [0.5, 0.6) is 0 Å². The van der Waals surface area contributed by atoms with Crippen molar-refractivity contribution in [1.29, 1.82) is 0 Å². The van der Waals surface area contributed by atoms with Crippen LogP contribution >= 0.6 is 0 Å². The van der Waals surface area contributed by atoms with E-state index in [2.05, 4.69) is 266 Å². The Morgan fingerprint density at radius 2 is 0.671 bits per heavy atom. The lowest BCUT2D eigenvalue weighted by molar-refractivity contribution is 0.591. The molecule has 0 N–H and O–H groups in total. The Labute approximate surface area is 407 Å². The zero-order valence-electron chi connectivity index (χ0n) is 39.4. The zero-order chi connectivity index (χ0) is 46.7. The molecule has 70 heavy (non-hydrogen) atoms. The van der Waals surface area contributed by atoms with Gasteiger partial charge in [0.05, 0.1) is 22.1 Å². The van der Waals surface area contributed by atoms with Crippen molar-refractivity contribution in [2.75, 3.05) is 0 Å². The van der Waals surface area contributed by atoms with E-state index in [4.69, 9.17) is 0 Å². The Balaban J connectivity index is 0.928. The Hall–Kier alpha value is -8.72. The minimum atomic E-state index is 0.0331. The zero-order valence-corrected chi connectivity index (χ0v) is 39.4. The molecule has 0 atom stereocenters. The molecule has 2 aromatic heterocycles. The van der Waals surface area contributed by atoms with Gasteiger partial charge in [-0.1, -0.05) is 191 Å². The standard InChI is InChI=1S/C68H48N2/c1-68(2,3)51-38-49-26-34-56-58(45-22-30-52(31-23-45)69-62-20-12-10-18-54(62)60-40-47(28-36-64(60)69)43-14-6-4-7-15-43)42-59(57-35-27-50(39-51)66(49)67(56)57)46-24-32-53(33-25-46)70-63-21-13-11-19-55(63)61-41-48(29-37-65(61)70)44-16-8-5-9-17-44/h4-42H,1-3H3. The normalized spacial score (nSPS) is 12.2. The number of fused-ring (bicyclic) bond motifs is 6. The van der Waals surface area contributed by atoms with Crippen molar-refractivity contribution in [2.24, 2.45) is 0 Å². The van der Waals surface area contributed by atoms with Crippen LogP contribution in [0.3, 0.4) is 0 Å². The number of hydrogen-bond acceptors (Lipinski definition) is 0. The molecule has 0 saturated heterocycles. The molecule has 0 aliphatic rings. The molecule has 14 aromatic rings. The van der Waals surface area contributed by atoms with Crippen molar-refractivity contribution in [3.05, 3.63) is 242 Å². The van der Waals surface area contributed by atoms with Crippen molar-refractivity contribution < 1.29 is 0 Å². The Bertz CT molecular complexity index is 4070. The first-order valence-electron chi connectivity index (χ1n) is 24.5. The fraction of sp³-hybridized carbons (Fsp3) is 0.0588. The van der Waals surface area contributed by atoms with Gasteiger partial charge in [0.25, 0.3) is 0 Å². The van der Waals surface area contributed by atoms with E-state index in [0.717, 1.165) is 11.4 Å². The highest BCUT2D eigenvalue weighted by Gasteiger charge is 2.22. The van der Waals surface area contributed by atoms with Crippen molar-refractivity contribution in [3.8, 4) is 55.9 Å². The third kappa shape index (κ3) is 6.26. The van der Waals surface area contributed by atoms with E-state index in [1.165, 1.54) is 126 Å². The highest BCUT2D eigenvalue weighted by Crippen LogP contribution is 2.46. The van der Waals surface area contributed by atoms with Gasteiger partial charge >= 0.3 is 0 Å². The van der Waals surface area contributed by atoms with Gasteiger partial charge in [-0.05, 0) is 155 Å². The summed E-state index contributed by atoms with van der Waals surface area (Å²) in [6.07, 6.45) is 0. The van der Waals surface area contributed by atoms with Crippen molar-refractivity contribution in [1.82, 2.24) is 9.13 Å². The van der Waals surface area contributed by atoms with E-state index in [9.17, 15) is 0 Å². The largest absolute Gasteiger partial charge is 0.309 e. The SMILES string of the molecule is CC(C)(C)c1cc2ccc3c(-c4ccc(-n5c6ccccc6c6cc(-c7ccccc7)ccc65)cc4)cc(-c4ccc(-n5c6ccccc6c6cc(-c7ccccc7)ccc65)cc4)c4ccc(c1)c2c34. The molecular formula is C68H48N2. The first-order chi connectivity index (χ1) is 34.3. The minimum absolute atomic E-state index is 0.0331. The molecule has 330 valence electrons. The molecule has 2 nitrogen and oxygen atoms in total. The quantitative estimate of drug-likeness (QED) is 0.147. The van der Waals surface area contributed by atoms with Crippen LogP contribution in [0.1, 0.15) is 26.3 Å². The van der Waals surface area contributed by atoms with Crippen LogP contribution in [0.15, 0.2) is 237 Å². The topological polar surface area (TPSA) is 9.86 Å². The number of nitrogens with zero attached hydrogens (tertiary/aromatic N) is 2. The third-order valence-corrected chi connectivity index (χ3v) is 15.0. The Kier molecular flexibility index (Phi) is 8.88. The summed E-state index contributed by atoms with van der Waals surface area (Å²) >= 11 is 0. The second-order valence-electron chi connectivity index (χ2n) is 20.1. The predicted octanol–water partition coefficient (Wildman–Crippen LogP) is 18.7. The summed E-state index contributed by atoms with van der Waals surface area (Å²) < 4.78 is 4.85. The van der Waals surface area contributed by atoms with Gasteiger partial charge < -0.3 is 9.13 Å². The van der Waals surface area contributed by atoms with Gasteiger partial charge in [0.1, 0.15) is 0 Å². The van der Waals surface area contributed by atoms with Gasteiger partial charge in [-0.2, -0.15) is 0 Å².